The number of ether oxygens (including phenoxy) is 1. The second-order valence-corrected chi connectivity index (χ2v) is 5.12. The molecule has 15 heavy (non-hydrogen) atoms. The smallest absolute Gasteiger partial charge is 0.319 e. The molecule has 1 atom stereocenters. The molecule has 0 heterocycles. The van der Waals surface area contributed by atoms with Crippen molar-refractivity contribution in [2.45, 2.75) is 47.0 Å². The zero-order chi connectivity index (χ0) is 11.7. The summed E-state index contributed by atoms with van der Waals surface area (Å²) < 4.78 is 4.99. The number of Topliss-reactive ketones (excluding diaryl/α,β-unsaturated/α-hetero) is 1. The number of hydrogen-bond donors (Lipinski definition) is 0. The molecule has 0 aliphatic heterocycles. The molecule has 0 aromatic carbocycles. The molecule has 3 heteroatoms. The molecule has 1 aliphatic rings. The Morgan fingerprint density at radius 3 is 2.47 bits per heavy atom. The van der Waals surface area contributed by atoms with Gasteiger partial charge in [0.05, 0.1) is 6.61 Å². The summed E-state index contributed by atoms with van der Waals surface area (Å²) >= 11 is 0. The van der Waals surface area contributed by atoms with E-state index in [1.165, 1.54) is 0 Å². The first-order valence-electron chi connectivity index (χ1n) is 5.57. The van der Waals surface area contributed by atoms with Crippen molar-refractivity contribution in [1.82, 2.24) is 0 Å². The molecule has 0 unspecified atom stereocenters. The Bertz CT molecular complexity index is 281. The maximum absolute atomic E-state index is 12.2. The monoisotopic (exact) mass is 212 g/mol. The summed E-state index contributed by atoms with van der Waals surface area (Å²) in [5, 5.41) is 0. The van der Waals surface area contributed by atoms with Gasteiger partial charge in [0.1, 0.15) is 5.41 Å². The number of ketones is 1. The van der Waals surface area contributed by atoms with Crippen molar-refractivity contribution in [3.05, 3.63) is 0 Å². The van der Waals surface area contributed by atoms with E-state index in [9.17, 15) is 9.59 Å². The molecule has 0 aromatic heterocycles. The topological polar surface area (TPSA) is 43.4 Å². The largest absolute Gasteiger partial charge is 0.465 e. The molecule has 1 fully saturated rings. The van der Waals surface area contributed by atoms with E-state index in [1.807, 2.05) is 13.8 Å². The van der Waals surface area contributed by atoms with Crippen molar-refractivity contribution in [3.63, 3.8) is 0 Å². The van der Waals surface area contributed by atoms with Crippen LogP contribution in [0, 0.1) is 10.8 Å². The second-order valence-electron chi connectivity index (χ2n) is 5.12. The lowest BCUT2D eigenvalue weighted by atomic mass is 9.63. The van der Waals surface area contributed by atoms with Gasteiger partial charge in [0.25, 0.3) is 0 Å². The molecule has 86 valence electrons. The fourth-order valence-corrected chi connectivity index (χ4v) is 2.34. The molecule has 3 nitrogen and oxygen atoms in total. The van der Waals surface area contributed by atoms with Crippen LogP contribution in [-0.4, -0.2) is 18.4 Å². The standard InChI is InChI=1S/C12H20O3/c1-5-15-10(14)12(4)8-6-7-11(2,3)9(12)13/h5-8H2,1-4H3/t12-/m1/s1. The minimum atomic E-state index is -0.919. The molecule has 1 rings (SSSR count). The van der Waals surface area contributed by atoms with Crippen molar-refractivity contribution in [3.8, 4) is 0 Å². The molecule has 0 aromatic rings. The van der Waals surface area contributed by atoms with Crippen LogP contribution in [0.2, 0.25) is 0 Å². The van der Waals surface area contributed by atoms with Gasteiger partial charge < -0.3 is 4.74 Å². The number of hydrogen-bond acceptors (Lipinski definition) is 3. The van der Waals surface area contributed by atoms with Gasteiger partial charge >= 0.3 is 5.97 Å². The van der Waals surface area contributed by atoms with E-state index in [2.05, 4.69) is 0 Å². The summed E-state index contributed by atoms with van der Waals surface area (Å²) in [6.07, 6.45) is 2.39. The van der Waals surface area contributed by atoms with Gasteiger partial charge in [-0.2, -0.15) is 0 Å². The third-order valence-corrected chi connectivity index (χ3v) is 3.32. The van der Waals surface area contributed by atoms with E-state index in [4.69, 9.17) is 4.74 Å². The first kappa shape index (κ1) is 12.2. The maximum atomic E-state index is 12.2. The minimum Gasteiger partial charge on any atom is -0.465 e. The van der Waals surface area contributed by atoms with Gasteiger partial charge in [0, 0.05) is 5.41 Å². The van der Waals surface area contributed by atoms with Crippen LogP contribution in [0.25, 0.3) is 0 Å². The lowest BCUT2D eigenvalue weighted by Gasteiger charge is -2.39. The Morgan fingerprint density at radius 2 is 1.93 bits per heavy atom. The zero-order valence-corrected chi connectivity index (χ0v) is 10.1. The summed E-state index contributed by atoms with van der Waals surface area (Å²) in [5.41, 5.74) is -1.31. The Labute approximate surface area is 91.2 Å². The average molecular weight is 212 g/mol. The van der Waals surface area contributed by atoms with Crippen LogP contribution in [0.4, 0.5) is 0 Å². The van der Waals surface area contributed by atoms with Gasteiger partial charge in [-0.1, -0.05) is 20.3 Å². The molecule has 0 radical (unpaired) electrons. The molecule has 0 N–H and O–H groups in total. The van der Waals surface area contributed by atoms with Gasteiger partial charge in [-0.15, -0.1) is 0 Å². The number of rotatable bonds is 2. The lowest BCUT2D eigenvalue weighted by molar-refractivity contribution is -0.165. The predicted octanol–water partition coefficient (Wildman–Crippen LogP) is 2.33. The molecule has 1 aliphatic carbocycles. The van der Waals surface area contributed by atoms with Crippen LogP contribution < -0.4 is 0 Å². The summed E-state index contributed by atoms with van der Waals surface area (Å²) in [6, 6.07) is 0. The highest BCUT2D eigenvalue weighted by atomic mass is 16.5. The predicted molar refractivity (Wildman–Crippen MR) is 57.4 cm³/mol. The summed E-state index contributed by atoms with van der Waals surface area (Å²) in [4.78, 5) is 24.0. The highest BCUT2D eigenvalue weighted by molar-refractivity contribution is 6.06. The van der Waals surface area contributed by atoms with Crippen LogP contribution >= 0.6 is 0 Å². The molecule has 0 bridgehead atoms. The molecule has 0 amide bonds. The normalized spacial score (nSPS) is 30.0. The van der Waals surface area contributed by atoms with E-state index in [-0.39, 0.29) is 17.2 Å². The van der Waals surface area contributed by atoms with Crippen molar-refractivity contribution in [2.24, 2.45) is 10.8 Å². The van der Waals surface area contributed by atoms with E-state index in [0.29, 0.717) is 13.0 Å². The number of carbonyl (C=O) groups excluding carboxylic acids is 2. The van der Waals surface area contributed by atoms with Crippen molar-refractivity contribution in [1.29, 1.82) is 0 Å². The summed E-state index contributed by atoms with van der Waals surface area (Å²) in [6.45, 7) is 7.63. The van der Waals surface area contributed by atoms with Gasteiger partial charge in [-0.3, -0.25) is 9.59 Å². The summed E-state index contributed by atoms with van der Waals surface area (Å²) in [5.74, 6) is -0.331. The maximum Gasteiger partial charge on any atom is 0.319 e. The SMILES string of the molecule is CCOC(=O)[C@]1(C)CCCC(C)(C)C1=O. The molecular formula is C12H20O3. The van der Waals surface area contributed by atoms with E-state index in [0.717, 1.165) is 12.8 Å². The quantitative estimate of drug-likeness (QED) is 0.521. The van der Waals surface area contributed by atoms with E-state index < -0.39 is 5.41 Å². The van der Waals surface area contributed by atoms with Crippen LogP contribution in [0.15, 0.2) is 0 Å². The molecule has 0 saturated heterocycles. The minimum absolute atomic E-state index is 0.0275. The highest BCUT2D eigenvalue weighted by Crippen LogP contribution is 2.43. The van der Waals surface area contributed by atoms with E-state index >= 15 is 0 Å². The lowest BCUT2D eigenvalue weighted by Crippen LogP contribution is -2.48. The zero-order valence-electron chi connectivity index (χ0n) is 10.1. The fourth-order valence-electron chi connectivity index (χ4n) is 2.34. The highest BCUT2D eigenvalue weighted by Gasteiger charge is 2.51. The Balaban J connectivity index is 2.92. The molecular weight excluding hydrogens is 192 g/mol. The Kier molecular flexibility index (Phi) is 3.22. The van der Waals surface area contributed by atoms with Crippen molar-refractivity contribution in [2.75, 3.05) is 6.61 Å². The van der Waals surface area contributed by atoms with Crippen LogP contribution in [0.5, 0.6) is 0 Å². The van der Waals surface area contributed by atoms with Gasteiger partial charge in [0.2, 0.25) is 0 Å². The summed E-state index contributed by atoms with van der Waals surface area (Å²) in [7, 11) is 0. The first-order chi connectivity index (χ1) is 6.84. The van der Waals surface area contributed by atoms with Crippen molar-refractivity contribution >= 4 is 11.8 Å². The Morgan fingerprint density at radius 1 is 1.33 bits per heavy atom. The third kappa shape index (κ3) is 2.06. The second kappa shape index (κ2) is 3.95. The average Bonchev–Trinajstić information content (AvgIpc) is 2.14. The van der Waals surface area contributed by atoms with Gasteiger partial charge in [0.15, 0.2) is 5.78 Å². The van der Waals surface area contributed by atoms with Crippen LogP contribution in [-0.2, 0) is 14.3 Å². The molecule has 1 saturated carbocycles. The van der Waals surface area contributed by atoms with E-state index in [1.54, 1.807) is 13.8 Å². The Hall–Kier alpha value is -0.860. The van der Waals surface area contributed by atoms with Gasteiger partial charge in [-0.05, 0) is 26.7 Å². The molecule has 0 spiro atoms. The van der Waals surface area contributed by atoms with Gasteiger partial charge in [-0.25, -0.2) is 0 Å². The fraction of sp³-hybridized carbons (Fsp3) is 0.833. The van der Waals surface area contributed by atoms with Crippen LogP contribution in [0.1, 0.15) is 47.0 Å². The number of carbonyl (C=O) groups is 2. The first-order valence-corrected chi connectivity index (χ1v) is 5.57. The van der Waals surface area contributed by atoms with Crippen LogP contribution in [0.3, 0.4) is 0 Å². The van der Waals surface area contributed by atoms with Crippen molar-refractivity contribution < 1.29 is 14.3 Å². The third-order valence-electron chi connectivity index (χ3n) is 3.32. The number of esters is 1.